The average molecular weight is 519 g/mol. The zero-order valence-corrected chi connectivity index (χ0v) is 23.5. The van der Waals surface area contributed by atoms with Gasteiger partial charge in [-0.3, -0.25) is 4.79 Å². The minimum atomic E-state index is -0.721. The third-order valence-corrected chi connectivity index (χ3v) is 7.27. The summed E-state index contributed by atoms with van der Waals surface area (Å²) in [6.45, 7) is 14.8. The molecule has 8 heteroatoms. The quantitative estimate of drug-likeness (QED) is 0.376. The van der Waals surface area contributed by atoms with E-state index < -0.39 is 23.9 Å². The average Bonchev–Trinajstić information content (AvgIpc) is 3.08. The van der Waals surface area contributed by atoms with E-state index in [1.54, 1.807) is 4.90 Å². The minimum absolute atomic E-state index is 0.346. The Bertz CT molecular complexity index is 1200. The number of aldehydes is 1. The molecule has 1 fully saturated rings. The lowest BCUT2D eigenvalue weighted by atomic mass is 9.73. The van der Waals surface area contributed by atoms with Gasteiger partial charge in [0, 0.05) is 18.7 Å². The Labute approximate surface area is 226 Å². The molecule has 0 unspecified atom stereocenters. The summed E-state index contributed by atoms with van der Waals surface area (Å²) in [6, 6.07) is 13.7. The van der Waals surface area contributed by atoms with Crippen LogP contribution in [0.1, 0.15) is 76.4 Å². The van der Waals surface area contributed by atoms with Gasteiger partial charge < -0.3 is 23.7 Å². The number of hydrogen-bond donors (Lipinski definition) is 0. The van der Waals surface area contributed by atoms with Crippen LogP contribution in [0, 0.1) is 0 Å². The predicted molar refractivity (Wildman–Crippen MR) is 149 cm³/mol. The summed E-state index contributed by atoms with van der Waals surface area (Å²) in [5.74, 6) is 0.620. The third-order valence-electron chi connectivity index (χ3n) is 7.27. The summed E-state index contributed by atoms with van der Waals surface area (Å²) < 4.78 is 24.4. The van der Waals surface area contributed by atoms with E-state index in [1.807, 2.05) is 97.0 Å². The molecule has 0 N–H and O–H groups in total. The Morgan fingerprint density at radius 2 is 1.74 bits per heavy atom. The maximum Gasteiger partial charge on any atom is 0.495 e. The zero-order valence-electron chi connectivity index (χ0n) is 23.5. The first-order chi connectivity index (χ1) is 17.8. The molecule has 2 aliphatic rings. The van der Waals surface area contributed by atoms with Crippen molar-refractivity contribution >= 4 is 30.5 Å². The van der Waals surface area contributed by atoms with Gasteiger partial charge in [0.15, 0.2) is 0 Å². The lowest BCUT2D eigenvalue weighted by Gasteiger charge is -2.32. The van der Waals surface area contributed by atoms with Gasteiger partial charge in [-0.05, 0) is 89.2 Å². The standard InChI is InChI=1S/C30H38BNO6/c1-28(2,3)36-27(34)32-15-13-22(14-16-32)24-17-23(35-20-21-11-9-8-10-12-21)18-26(25(24)19-33)31-37-29(4,5)30(6,7)38-31/h8-13,17-19H,14-16,20H2,1-7H3. The highest BCUT2D eigenvalue weighted by molar-refractivity contribution is 6.63. The lowest BCUT2D eigenvalue weighted by molar-refractivity contribution is 0.00578. The minimum Gasteiger partial charge on any atom is -0.489 e. The van der Waals surface area contributed by atoms with Gasteiger partial charge in [0.1, 0.15) is 24.2 Å². The highest BCUT2D eigenvalue weighted by Gasteiger charge is 2.52. The number of amides is 1. The summed E-state index contributed by atoms with van der Waals surface area (Å²) in [5, 5.41) is 0. The Morgan fingerprint density at radius 1 is 1.08 bits per heavy atom. The van der Waals surface area contributed by atoms with Crippen molar-refractivity contribution in [3.8, 4) is 5.75 Å². The van der Waals surface area contributed by atoms with E-state index in [4.69, 9.17) is 18.8 Å². The predicted octanol–water partition coefficient (Wildman–Crippen LogP) is 5.40. The van der Waals surface area contributed by atoms with Crippen LogP contribution in [-0.4, -0.2) is 54.3 Å². The molecule has 1 saturated heterocycles. The monoisotopic (exact) mass is 519 g/mol. The van der Waals surface area contributed by atoms with Crippen LogP contribution in [0.2, 0.25) is 0 Å². The van der Waals surface area contributed by atoms with Crippen molar-refractivity contribution in [2.75, 3.05) is 13.1 Å². The molecule has 0 spiro atoms. The van der Waals surface area contributed by atoms with Crippen LogP contribution < -0.4 is 10.2 Å². The van der Waals surface area contributed by atoms with Crippen molar-refractivity contribution in [3.63, 3.8) is 0 Å². The van der Waals surface area contributed by atoms with Crippen LogP contribution in [-0.2, 0) is 20.7 Å². The van der Waals surface area contributed by atoms with Gasteiger partial charge in [-0.25, -0.2) is 4.79 Å². The maximum absolute atomic E-state index is 12.6. The van der Waals surface area contributed by atoms with E-state index in [0.717, 1.165) is 23.0 Å². The molecule has 202 valence electrons. The van der Waals surface area contributed by atoms with Crippen LogP contribution in [0.3, 0.4) is 0 Å². The molecular formula is C30H38BNO6. The first-order valence-corrected chi connectivity index (χ1v) is 13.1. The highest BCUT2D eigenvalue weighted by atomic mass is 16.7. The van der Waals surface area contributed by atoms with Crippen LogP contribution in [0.5, 0.6) is 5.75 Å². The summed E-state index contributed by atoms with van der Waals surface area (Å²) in [4.78, 5) is 26.8. The molecule has 0 aliphatic carbocycles. The molecule has 0 radical (unpaired) electrons. The Morgan fingerprint density at radius 3 is 2.29 bits per heavy atom. The molecule has 7 nitrogen and oxygen atoms in total. The van der Waals surface area contributed by atoms with E-state index in [9.17, 15) is 9.59 Å². The Kier molecular flexibility index (Phi) is 7.78. The number of rotatable bonds is 6. The van der Waals surface area contributed by atoms with Gasteiger partial charge in [-0.2, -0.15) is 0 Å². The number of carbonyl (C=O) groups is 2. The first kappa shape index (κ1) is 27.9. The molecule has 2 aromatic rings. The molecular weight excluding hydrogens is 481 g/mol. The summed E-state index contributed by atoms with van der Waals surface area (Å²) in [5.41, 5.74) is 2.23. The SMILES string of the molecule is CC(C)(C)OC(=O)N1CC=C(c2cc(OCc3ccccc3)cc(B3OC(C)(C)C(C)(C)O3)c2C=O)CC1. The third kappa shape index (κ3) is 6.13. The van der Waals surface area contributed by atoms with Gasteiger partial charge in [0.05, 0.1) is 11.2 Å². The van der Waals surface area contributed by atoms with Crippen molar-refractivity contribution in [2.45, 2.75) is 78.3 Å². The molecule has 1 amide bonds. The highest BCUT2D eigenvalue weighted by Crippen LogP contribution is 2.38. The van der Waals surface area contributed by atoms with Crippen molar-refractivity contribution in [3.05, 3.63) is 65.2 Å². The molecule has 0 saturated carbocycles. The second kappa shape index (κ2) is 10.6. The Hall–Kier alpha value is -3.10. The normalized spacial score (nSPS) is 18.7. The maximum atomic E-state index is 12.6. The molecule has 0 atom stereocenters. The smallest absolute Gasteiger partial charge is 0.489 e. The van der Waals surface area contributed by atoms with Gasteiger partial charge in [-0.15, -0.1) is 0 Å². The molecule has 2 heterocycles. The number of ether oxygens (including phenoxy) is 2. The van der Waals surface area contributed by atoms with Gasteiger partial charge in [-0.1, -0.05) is 36.4 Å². The van der Waals surface area contributed by atoms with Crippen LogP contribution in [0.25, 0.3) is 5.57 Å². The number of hydrogen-bond acceptors (Lipinski definition) is 6. The van der Waals surface area contributed by atoms with E-state index in [1.165, 1.54) is 0 Å². The topological polar surface area (TPSA) is 74.3 Å². The summed E-state index contributed by atoms with van der Waals surface area (Å²) in [6.07, 6.45) is 3.06. The van der Waals surface area contributed by atoms with Crippen LogP contribution in [0.15, 0.2) is 48.5 Å². The van der Waals surface area contributed by atoms with Gasteiger partial charge >= 0.3 is 13.2 Å². The van der Waals surface area contributed by atoms with Crippen molar-refractivity contribution < 1.29 is 28.4 Å². The molecule has 0 bridgehead atoms. The number of nitrogens with zero attached hydrogens (tertiary/aromatic N) is 1. The summed E-state index contributed by atoms with van der Waals surface area (Å²) in [7, 11) is -0.721. The molecule has 2 aromatic carbocycles. The fourth-order valence-electron chi connectivity index (χ4n) is 4.44. The summed E-state index contributed by atoms with van der Waals surface area (Å²) >= 11 is 0. The van der Waals surface area contributed by atoms with E-state index in [2.05, 4.69) is 0 Å². The molecule has 2 aliphatic heterocycles. The van der Waals surface area contributed by atoms with E-state index in [0.29, 0.717) is 42.9 Å². The first-order valence-electron chi connectivity index (χ1n) is 13.1. The van der Waals surface area contributed by atoms with Gasteiger partial charge in [0.25, 0.3) is 0 Å². The second-order valence-corrected chi connectivity index (χ2v) is 11.9. The molecule has 0 aromatic heterocycles. The lowest BCUT2D eigenvalue weighted by Crippen LogP contribution is -2.41. The number of benzene rings is 2. The fourth-order valence-corrected chi connectivity index (χ4v) is 4.44. The van der Waals surface area contributed by atoms with E-state index in [-0.39, 0.29) is 6.09 Å². The van der Waals surface area contributed by atoms with Crippen molar-refractivity contribution in [1.29, 1.82) is 0 Å². The van der Waals surface area contributed by atoms with Crippen molar-refractivity contribution in [1.82, 2.24) is 4.90 Å². The van der Waals surface area contributed by atoms with Crippen molar-refractivity contribution in [2.24, 2.45) is 0 Å². The van der Waals surface area contributed by atoms with Crippen LogP contribution in [0.4, 0.5) is 4.79 Å². The van der Waals surface area contributed by atoms with Crippen LogP contribution >= 0.6 is 0 Å². The molecule has 4 rings (SSSR count). The largest absolute Gasteiger partial charge is 0.495 e. The molecule has 38 heavy (non-hydrogen) atoms. The van der Waals surface area contributed by atoms with Gasteiger partial charge in [0.2, 0.25) is 0 Å². The van der Waals surface area contributed by atoms with E-state index >= 15 is 0 Å². The zero-order chi connectivity index (χ0) is 27.7. The fraction of sp³-hybridized carbons (Fsp3) is 0.467. The number of carbonyl (C=O) groups excluding carboxylic acids is 2. The second-order valence-electron chi connectivity index (χ2n) is 11.9. The Balaban J connectivity index is 1.68.